The number of ketones is 1. The van der Waals surface area contributed by atoms with Crippen molar-refractivity contribution >= 4 is 17.4 Å². The summed E-state index contributed by atoms with van der Waals surface area (Å²) in [6.07, 6.45) is 2.76. The molecule has 2 heterocycles. The van der Waals surface area contributed by atoms with Gasteiger partial charge in [0, 0.05) is 36.0 Å². The molecule has 0 saturated carbocycles. The zero-order chi connectivity index (χ0) is 18.7. The van der Waals surface area contributed by atoms with Crippen LogP contribution >= 0.6 is 11.6 Å². The Hall–Kier alpha value is -1.65. The van der Waals surface area contributed by atoms with E-state index in [4.69, 9.17) is 16.0 Å². The Labute approximate surface area is 160 Å². The molecule has 0 aliphatic carbocycles. The van der Waals surface area contributed by atoms with Crippen molar-refractivity contribution in [2.75, 3.05) is 13.1 Å². The predicted molar refractivity (Wildman–Crippen MR) is 104 cm³/mol. The van der Waals surface area contributed by atoms with Crippen LogP contribution in [-0.4, -0.2) is 28.8 Å². The molecule has 0 N–H and O–H groups in total. The minimum Gasteiger partial charge on any atom is -0.441 e. The number of carbonyl (C=O) groups is 1. The van der Waals surface area contributed by atoms with Crippen molar-refractivity contribution in [2.24, 2.45) is 11.8 Å². The fraction of sp³-hybridized carbons (Fsp3) is 0.524. The predicted octanol–water partition coefficient (Wildman–Crippen LogP) is 5.13. The molecule has 1 unspecified atom stereocenters. The number of carbonyl (C=O) groups excluding carboxylic acids is 1. The van der Waals surface area contributed by atoms with E-state index in [0.717, 1.165) is 49.5 Å². The van der Waals surface area contributed by atoms with Gasteiger partial charge in [0.25, 0.3) is 0 Å². The van der Waals surface area contributed by atoms with Gasteiger partial charge < -0.3 is 4.42 Å². The molecule has 1 atom stereocenters. The Balaban J connectivity index is 1.67. The lowest BCUT2D eigenvalue weighted by Crippen LogP contribution is -2.38. The Morgan fingerprint density at radius 2 is 2.08 bits per heavy atom. The highest BCUT2D eigenvalue weighted by Crippen LogP contribution is 2.26. The Bertz CT molecular complexity index is 752. The second kappa shape index (κ2) is 8.36. The van der Waals surface area contributed by atoms with Crippen LogP contribution in [0.4, 0.5) is 0 Å². The third-order valence-electron chi connectivity index (χ3n) is 4.93. The van der Waals surface area contributed by atoms with E-state index in [2.05, 4.69) is 23.7 Å². The van der Waals surface area contributed by atoms with Gasteiger partial charge in [-0.05, 0) is 56.5 Å². The highest BCUT2D eigenvalue weighted by Gasteiger charge is 2.27. The molecule has 1 aliphatic heterocycles. The minimum atomic E-state index is 0.161. The van der Waals surface area contributed by atoms with E-state index >= 15 is 0 Å². The smallest absolute Gasteiger partial charge is 0.226 e. The molecule has 0 amide bonds. The lowest BCUT2D eigenvalue weighted by atomic mass is 9.89. The second-order valence-electron chi connectivity index (χ2n) is 7.67. The average Bonchev–Trinajstić information content (AvgIpc) is 2.96. The molecule has 140 valence electrons. The number of nitrogens with zero attached hydrogens (tertiary/aromatic N) is 2. The van der Waals surface area contributed by atoms with Gasteiger partial charge in [0.05, 0.1) is 5.69 Å². The Morgan fingerprint density at radius 3 is 2.77 bits per heavy atom. The van der Waals surface area contributed by atoms with Gasteiger partial charge >= 0.3 is 0 Å². The van der Waals surface area contributed by atoms with E-state index in [-0.39, 0.29) is 5.92 Å². The Kier molecular flexibility index (Phi) is 6.15. The summed E-state index contributed by atoms with van der Waals surface area (Å²) in [6.45, 7) is 8.73. The molecular formula is C21H27ClN2O2. The number of hydrogen-bond acceptors (Lipinski definition) is 4. The molecule has 0 radical (unpaired) electrons. The van der Waals surface area contributed by atoms with Crippen LogP contribution in [0.1, 0.15) is 44.6 Å². The topological polar surface area (TPSA) is 46.3 Å². The van der Waals surface area contributed by atoms with Crippen molar-refractivity contribution in [3.63, 3.8) is 0 Å². The lowest BCUT2D eigenvalue weighted by Gasteiger charge is -2.31. The van der Waals surface area contributed by atoms with Crippen molar-refractivity contribution in [1.29, 1.82) is 0 Å². The first-order valence-corrected chi connectivity index (χ1v) is 9.77. The number of piperidine rings is 1. The molecular weight excluding hydrogens is 348 g/mol. The number of likely N-dealkylation sites (tertiary alicyclic amines) is 1. The molecule has 2 aromatic rings. The van der Waals surface area contributed by atoms with Crippen LogP contribution in [-0.2, 0) is 11.3 Å². The number of oxazole rings is 1. The minimum absolute atomic E-state index is 0.161. The van der Waals surface area contributed by atoms with Crippen molar-refractivity contribution in [3.8, 4) is 11.5 Å². The number of aryl methyl sites for hydroxylation is 1. The quantitative estimate of drug-likeness (QED) is 0.703. The van der Waals surface area contributed by atoms with Gasteiger partial charge in [0.15, 0.2) is 0 Å². The number of Topliss-reactive ketones (excluding diaryl/α,β-unsaturated/α-hetero) is 1. The summed E-state index contributed by atoms with van der Waals surface area (Å²) in [7, 11) is 0. The summed E-state index contributed by atoms with van der Waals surface area (Å²) in [4.78, 5) is 19.4. The van der Waals surface area contributed by atoms with Crippen LogP contribution in [0.15, 0.2) is 28.7 Å². The molecule has 1 fully saturated rings. The molecule has 1 aromatic heterocycles. The zero-order valence-corrected chi connectivity index (χ0v) is 16.6. The summed E-state index contributed by atoms with van der Waals surface area (Å²) in [6, 6.07) is 7.51. The van der Waals surface area contributed by atoms with Gasteiger partial charge in [-0.1, -0.05) is 25.4 Å². The van der Waals surface area contributed by atoms with E-state index in [1.165, 1.54) is 0 Å². The largest absolute Gasteiger partial charge is 0.441 e. The zero-order valence-electron chi connectivity index (χ0n) is 15.8. The van der Waals surface area contributed by atoms with E-state index < -0.39 is 0 Å². The maximum absolute atomic E-state index is 12.4. The fourth-order valence-electron chi connectivity index (χ4n) is 3.53. The second-order valence-corrected chi connectivity index (χ2v) is 8.10. The van der Waals surface area contributed by atoms with Crippen LogP contribution in [0.25, 0.3) is 11.5 Å². The third-order valence-corrected chi connectivity index (χ3v) is 5.18. The van der Waals surface area contributed by atoms with Crippen LogP contribution in [0.3, 0.4) is 0 Å². The maximum atomic E-state index is 12.4. The highest BCUT2D eigenvalue weighted by atomic mass is 35.5. The number of hydrogen-bond donors (Lipinski definition) is 0. The highest BCUT2D eigenvalue weighted by molar-refractivity contribution is 6.30. The van der Waals surface area contributed by atoms with Crippen molar-refractivity contribution in [2.45, 2.75) is 46.6 Å². The molecule has 1 aromatic carbocycles. The van der Waals surface area contributed by atoms with Crippen LogP contribution in [0, 0.1) is 18.8 Å². The molecule has 1 aliphatic rings. The van der Waals surface area contributed by atoms with Gasteiger partial charge in [0.2, 0.25) is 5.89 Å². The number of rotatable bonds is 6. The van der Waals surface area contributed by atoms with E-state index in [1.54, 1.807) is 0 Å². The lowest BCUT2D eigenvalue weighted by molar-refractivity contribution is -0.125. The molecule has 4 nitrogen and oxygen atoms in total. The first kappa shape index (κ1) is 19.1. The first-order chi connectivity index (χ1) is 12.4. The number of benzene rings is 1. The normalized spacial score (nSPS) is 18.4. The van der Waals surface area contributed by atoms with Crippen molar-refractivity contribution < 1.29 is 9.21 Å². The van der Waals surface area contributed by atoms with Crippen molar-refractivity contribution in [3.05, 3.63) is 40.7 Å². The summed E-state index contributed by atoms with van der Waals surface area (Å²) in [5, 5.41) is 0.697. The summed E-state index contributed by atoms with van der Waals surface area (Å²) < 4.78 is 5.86. The van der Waals surface area contributed by atoms with Crippen molar-refractivity contribution in [1.82, 2.24) is 9.88 Å². The SMILES string of the molecule is Cc1oc(-c2ccc(Cl)cc2)nc1CN1CCCC(C(=O)CC(C)C)C1. The standard InChI is InChI=1S/C21H27ClN2O2/c1-14(2)11-20(25)17-5-4-10-24(12-17)13-19-15(3)26-21(23-19)16-6-8-18(22)9-7-16/h6-9,14,17H,4-5,10-13H2,1-3H3. The summed E-state index contributed by atoms with van der Waals surface area (Å²) in [5.74, 6) is 2.46. The molecule has 5 heteroatoms. The molecule has 0 bridgehead atoms. The van der Waals surface area contributed by atoms with Crippen LogP contribution in [0.5, 0.6) is 0 Å². The van der Waals surface area contributed by atoms with Crippen LogP contribution in [0.2, 0.25) is 5.02 Å². The Morgan fingerprint density at radius 1 is 1.35 bits per heavy atom. The average molecular weight is 375 g/mol. The summed E-state index contributed by atoms with van der Waals surface area (Å²) in [5.41, 5.74) is 1.87. The monoisotopic (exact) mass is 374 g/mol. The molecule has 26 heavy (non-hydrogen) atoms. The van der Waals surface area contributed by atoms with Gasteiger partial charge in [-0.2, -0.15) is 0 Å². The fourth-order valence-corrected chi connectivity index (χ4v) is 3.66. The third kappa shape index (κ3) is 4.74. The van der Waals surface area contributed by atoms with E-state index in [0.29, 0.717) is 29.0 Å². The van der Waals surface area contributed by atoms with Gasteiger partial charge in [-0.3, -0.25) is 9.69 Å². The van der Waals surface area contributed by atoms with Gasteiger partial charge in [-0.15, -0.1) is 0 Å². The van der Waals surface area contributed by atoms with Crippen LogP contribution < -0.4 is 0 Å². The van der Waals surface area contributed by atoms with Gasteiger partial charge in [0.1, 0.15) is 11.5 Å². The van der Waals surface area contributed by atoms with E-state index in [9.17, 15) is 4.79 Å². The molecule has 0 spiro atoms. The first-order valence-electron chi connectivity index (χ1n) is 9.39. The molecule has 3 rings (SSSR count). The van der Waals surface area contributed by atoms with E-state index in [1.807, 2.05) is 31.2 Å². The van der Waals surface area contributed by atoms with Gasteiger partial charge in [-0.25, -0.2) is 4.98 Å². The molecule has 1 saturated heterocycles. The number of aromatic nitrogens is 1. The maximum Gasteiger partial charge on any atom is 0.226 e. The number of halogens is 1. The summed E-state index contributed by atoms with van der Waals surface area (Å²) >= 11 is 5.95.